The van der Waals surface area contributed by atoms with Crippen LogP contribution in [0.4, 0.5) is 17.3 Å². The molecule has 0 bridgehead atoms. The van der Waals surface area contributed by atoms with Crippen LogP contribution in [0.5, 0.6) is 0 Å². The Morgan fingerprint density at radius 1 is 1.12 bits per heavy atom. The number of anilines is 3. The third-order valence-corrected chi connectivity index (χ3v) is 5.73. The lowest BCUT2D eigenvalue weighted by Crippen LogP contribution is -2.37. The normalized spacial score (nSPS) is 18.7. The first-order valence-electron chi connectivity index (χ1n) is 11.1. The van der Waals surface area contributed by atoms with Crippen molar-refractivity contribution in [3.05, 3.63) is 41.7 Å². The maximum Gasteiger partial charge on any atom is 0.227 e. The van der Waals surface area contributed by atoms with Gasteiger partial charge in [0.1, 0.15) is 17.5 Å². The lowest BCUT2D eigenvalue weighted by Gasteiger charge is -2.28. The van der Waals surface area contributed by atoms with Gasteiger partial charge in [0, 0.05) is 50.9 Å². The number of morpholine rings is 1. The molecule has 3 heterocycles. The van der Waals surface area contributed by atoms with Gasteiger partial charge in [-0.15, -0.1) is 0 Å². The summed E-state index contributed by atoms with van der Waals surface area (Å²) in [5.74, 6) is 1.86. The number of amides is 2. The van der Waals surface area contributed by atoms with Crippen LogP contribution in [0.15, 0.2) is 30.3 Å². The van der Waals surface area contributed by atoms with E-state index in [2.05, 4.69) is 25.5 Å². The van der Waals surface area contributed by atoms with Crippen LogP contribution in [-0.4, -0.2) is 67.7 Å². The summed E-state index contributed by atoms with van der Waals surface area (Å²) in [6.07, 6.45) is 0.237. The lowest BCUT2D eigenvalue weighted by atomic mass is 10.1. The van der Waals surface area contributed by atoms with E-state index in [-0.39, 0.29) is 24.2 Å². The molecule has 0 radical (unpaired) electrons. The number of aryl methyl sites for hydroxylation is 2. The number of nitrogens with one attached hydrogen (secondary N) is 2. The highest BCUT2D eigenvalue weighted by Crippen LogP contribution is 2.25. The molecule has 4 rings (SSSR count). The summed E-state index contributed by atoms with van der Waals surface area (Å²) in [7, 11) is 0. The molecule has 1 aromatic carbocycles. The van der Waals surface area contributed by atoms with Crippen molar-refractivity contribution in [3.8, 4) is 0 Å². The first-order valence-corrected chi connectivity index (χ1v) is 11.1. The van der Waals surface area contributed by atoms with Crippen LogP contribution in [0.25, 0.3) is 0 Å². The molecule has 2 saturated heterocycles. The maximum atomic E-state index is 12.6. The smallest absolute Gasteiger partial charge is 0.227 e. The molecule has 9 heteroatoms. The zero-order valence-corrected chi connectivity index (χ0v) is 18.6. The fourth-order valence-electron chi connectivity index (χ4n) is 3.97. The SMILES string of the molecule is Cc1ccc(N2CC(C(=O)NCCNc3cc(N4CCOCC4)nc(C)n3)CC2=O)cc1. The van der Waals surface area contributed by atoms with Crippen LogP contribution in [0.3, 0.4) is 0 Å². The van der Waals surface area contributed by atoms with Gasteiger partial charge < -0.3 is 25.2 Å². The van der Waals surface area contributed by atoms with Crippen molar-refractivity contribution < 1.29 is 14.3 Å². The minimum Gasteiger partial charge on any atom is -0.378 e. The predicted molar refractivity (Wildman–Crippen MR) is 123 cm³/mol. The third-order valence-electron chi connectivity index (χ3n) is 5.73. The summed E-state index contributed by atoms with van der Waals surface area (Å²) in [5, 5.41) is 6.20. The van der Waals surface area contributed by atoms with Gasteiger partial charge in [0.2, 0.25) is 11.8 Å². The van der Waals surface area contributed by atoms with Crippen molar-refractivity contribution >= 4 is 29.1 Å². The van der Waals surface area contributed by atoms with Gasteiger partial charge in [0.05, 0.1) is 19.1 Å². The Kier molecular flexibility index (Phi) is 6.84. The van der Waals surface area contributed by atoms with E-state index in [1.54, 1.807) is 4.90 Å². The summed E-state index contributed by atoms with van der Waals surface area (Å²) in [6.45, 7) is 8.29. The molecule has 2 N–H and O–H groups in total. The summed E-state index contributed by atoms with van der Waals surface area (Å²) < 4.78 is 5.40. The van der Waals surface area contributed by atoms with Gasteiger partial charge in [0.15, 0.2) is 0 Å². The van der Waals surface area contributed by atoms with Crippen molar-refractivity contribution in [2.75, 3.05) is 61.1 Å². The number of nitrogens with zero attached hydrogens (tertiary/aromatic N) is 4. The minimum absolute atomic E-state index is 0.0146. The molecule has 2 aliphatic rings. The Morgan fingerprint density at radius 3 is 2.62 bits per heavy atom. The first-order chi connectivity index (χ1) is 15.5. The Bertz CT molecular complexity index is 959. The average Bonchev–Trinajstić information content (AvgIpc) is 3.19. The number of aromatic nitrogens is 2. The van der Waals surface area contributed by atoms with Gasteiger partial charge in [-0.3, -0.25) is 9.59 Å². The monoisotopic (exact) mass is 438 g/mol. The standard InChI is InChI=1S/C23H30N6O3/c1-16-3-5-19(6-4-16)29-15-18(13-22(29)30)23(31)25-8-7-24-20-14-21(27-17(2)26-20)28-9-11-32-12-10-28/h3-6,14,18H,7-13,15H2,1-2H3,(H,25,31)(H,24,26,27). The summed E-state index contributed by atoms with van der Waals surface area (Å²) in [6, 6.07) is 9.72. The van der Waals surface area contributed by atoms with E-state index in [0.29, 0.717) is 38.7 Å². The van der Waals surface area contributed by atoms with Crippen LogP contribution >= 0.6 is 0 Å². The summed E-state index contributed by atoms with van der Waals surface area (Å²) >= 11 is 0. The Balaban J connectivity index is 1.25. The zero-order valence-electron chi connectivity index (χ0n) is 18.6. The molecule has 0 aliphatic carbocycles. The molecule has 170 valence electrons. The van der Waals surface area contributed by atoms with Crippen LogP contribution in [0.2, 0.25) is 0 Å². The van der Waals surface area contributed by atoms with E-state index in [1.807, 2.05) is 44.2 Å². The van der Waals surface area contributed by atoms with Gasteiger partial charge in [-0.25, -0.2) is 9.97 Å². The van der Waals surface area contributed by atoms with Gasteiger partial charge in [0.25, 0.3) is 0 Å². The molecule has 32 heavy (non-hydrogen) atoms. The molecular weight excluding hydrogens is 408 g/mol. The number of hydrogen-bond acceptors (Lipinski definition) is 7. The molecule has 9 nitrogen and oxygen atoms in total. The van der Waals surface area contributed by atoms with Gasteiger partial charge in [-0.2, -0.15) is 0 Å². The molecule has 2 aromatic rings. The second-order valence-electron chi connectivity index (χ2n) is 8.22. The topological polar surface area (TPSA) is 99.7 Å². The van der Waals surface area contributed by atoms with Gasteiger partial charge >= 0.3 is 0 Å². The van der Waals surface area contributed by atoms with E-state index < -0.39 is 0 Å². The second kappa shape index (κ2) is 9.95. The first kappa shape index (κ1) is 22.0. The second-order valence-corrected chi connectivity index (χ2v) is 8.22. The quantitative estimate of drug-likeness (QED) is 0.632. The third kappa shape index (κ3) is 5.34. The van der Waals surface area contributed by atoms with Crippen LogP contribution in [0, 0.1) is 19.8 Å². The van der Waals surface area contributed by atoms with Crippen molar-refractivity contribution in [2.45, 2.75) is 20.3 Å². The highest BCUT2D eigenvalue weighted by molar-refractivity contribution is 6.00. The molecule has 1 atom stereocenters. The number of hydrogen-bond donors (Lipinski definition) is 2. The van der Waals surface area contributed by atoms with E-state index in [4.69, 9.17) is 4.74 Å². The molecule has 2 amide bonds. The van der Waals surface area contributed by atoms with E-state index in [1.165, 1.54) is 0 Å². The van der Waals surface area contributed by atoms with Crippen LogP contribution < -0.4 is 20.4 Å². The Labute approximate surface area is 188 Å². The van der Waals surface area contributed by atoms with Crippen LogP contribution in [0.1, 0.15) is 17.8 Å². The van der Waals surface area contributed by atoms with E-state index in [0.717, 1.165) is 36.0 Å². The van der Waals surface area contributed by atoms with Gasteiger partial charge in [-0.05, 0) is 26.0 Å². The molecule has 2 aliphatic heterocycles. The summed E-state index contributed by atoms with van der Waals surface area (Å²) in [4.78, 5) is 37.8. The predicted octanol–water partition coefficient (Wildman–Crippen LogP) is 1.51. The Hall–Kier alpha value is -3.20. The Morgan fingerprint density at radius 2 is 1.88 bits per heavy atom. The maximum absolute atomic E-state index is 12.6. The lowest BCUT2D eigenvalue weighted by molar-refractivity contribution is -0.126. The van der Waals surface area contributed by atoms with Crippen molar-refractivity contribution in [2.24, 2.45) is 5.92 Å². The largest absolute Gasteiger partial charge is 0.378 e. The molecule has 0 spiro atoms. The molecule has 0 saturated carbocycles. The molecule has 2 fully saturated rings. The number of benzene rings is 1. The van der Waals surface area contributed by atoms with Crippen molar-refractivity contribution in [3.63, 3.8) is 0 Å². The van der Waals surface area contributed by atoms with E-state index >= 15 is 0 Å². The van der Waals surface area contributed by atoms with Crippen LogP contribution in [-0.2, 0) is 14.3 Å². The molecule has 1 unspecified atom stereocenters. The molecule has 1 aromatic heterocycles. The zero-order chi connectivity index (χ0) is 22.5. The molecular formula is C23H30N6O3. The number of carbonyl (C=O) groups is 2. The van der Waals surface area contributed by atoms with Gasteiger partial charge in [-0.1, -0.05) is 17.7 Å². The fourth-order valence-corrected chi connectivity index (χ4v) is 3.97. The minimum atomic E-state index is -0.335. The highest BCUT2D eigenvalue weighted by Gasteiger charge is 2.34. The fraction of sp³-hybridized carbons (Fsp3) is 0.478. The summed E-state index contributed by atoms with van der Waals surface area (Å²) in [5.41, 5.74) is 1.98. The average molecular weight is 439 g/mol. The van der Waals surface area contributed by atoms with Crippen molar-refractivity contribution in [1.29, 1.82) is 0 Å². The number of ether oxygens (including phenoxy) is 1. The highest BCUT2D eigenvalue weighted by atomic mass is 16.5. The number of carbonyl (C=O) groups excluding carboxylic acids is 2. The number of rotatable bonds is 7. The van der Waals surface area contributed by atoms with E-state index in [9.17, 15) is 9.59 Å². The van der Waals surface area contributed by atoms with Crippen molar-refractivity contribution in [1.82, 2.24) is 15.3 Å².